The summed E-state index contributed by atoms with van der Waals surface area (Å²) in [6, 6.07) is 0.104. The monoisotopic (exact) mass is 271 g/mol. The van der Waals surface area contributed by atoms with Crippen LogP contribution in [0.2, 0.25) is 0 Å². The summed E-state index contributed by atoms with van der Waals surface area (Å²) in [5, 5.41) is 11.8. The first-order chi connectivity index (χ1) is 8.69. The van der Waals surface area contributed by atoms with Gasteiger partial charge >= 0.3 is 12.1 Å². The highest BCUT2D eigenvalue weighted by molar-refractivity contribution is 5.70. The summed E-state index contributed by atoms with van der Waals surface area (Å²) in [7, 11) is 0. The topological polar surface area (TPSA) is 75.6 Å². The lowest BCUT2D eigenvalue weighted by atomic mass is 9.79. The van der Waals surface area contributed by atoms with Crippen LogP contribution in [-0.2, 0) is 9.53 Å². The molecule has 0 aromatic carbocycles. The van der Waals surface area contributed by atoms with E-state index in [0.717, 1.165) is 25.7 Å². The number of carbonyl (C=O) groups excluding carboxylic acids is 1. The van der Waals surface area contributed by atoms with E-state index in [1.807, 2.05) is 20.8 Å². The maximum absolute atomic E-state index is 11.6. The Bertz CT molecular complexity index is 327. The minimum atomic E-state index is -0.733. The lowest BCUT2D eigenvalue weighted by molar-refractivity contribution is -0.143. The first kappa shape index (κ1) is 15.8. The number of carbonyl (C=O) groups is 2. The highest BCUT2D eigenvalue weighted by atomic mass is 16.6. The van der Waals surface area contributed by atoms with E-state index in [2.05, 4.69) is 5.32 Å². The van der Waals surface area contributed by atoms with E-state index in [4.69, 9.17) is 9.84 Å². The molecule has 110 valence electrons. The SMILES string of the molecule is CC(C(=O)O)C1CCC(NC(=O)OC(C)(C)C)CC1. The highest BCUT2D eigenvalue weighted by Crippen LogP contribution is 2.30. The summed E-state index contributed by atoms with van der Waals surface area (Å²) in [6.07, 6.45) is 2.94. The second-order valence-corrected chi connectivity index (χ2v) is 6.38. The van der Waals surface area contributed by atoms with Gasteiger partial charge in [0.1, 0.15) is 5.60 Å². The number of carboxylic acids is 1. The minimum absolute atomic E-state index is 0.104. The Balaban J connectivity index is 2.34. The number of carboxylic acid groups (broad SMARTS) is 1. The third-order valence-electron chi connectivity index (χ3n) is 3.59. The maximum Gasteiger partial charge on any atom is 0.407 e. The molecule has 0 aromatic rings. The zero-order chi connectivity index (χ0) is 14.6. The van der Waals surface area contributed by atoms with Crippen molar-refractivity contribution < 1.29 is 19.4 Å². The van der Waals surface area contributed by atoms with Gasteiger partial charge in [0.25, 0.3) is 0 Å². The van der Waals surface area contributed by atoms with Crippen LogP contribution in [0.5, 0.6) is 0 Å². The fourth-order valence-corrected chi connectivity index (χ4v) is 2.44. The quantitative estimate of drug-likeness (QED) is 0.827. The maximum atomic E-state index is 11.6. The second kappa shape index (κ2) is 6.26. The molecule has 1 amide bonds. The molecular weight excluding hydrogens is 246 g/mol. The van der Waals surface area contributed by atoms with Crippen LogP contribution < -0.4 is 5.32 Å². The van der Waals surface area contributed by atoms with Crippen molar-refractivity contribution in [2.45, 2.75) is 65.0 Å². The summed E-state index contributed by atoms with van der Waals surface area (Å²) >= 11 is 0. The Morgan fingerprint density at radius 2 is 1.74 bits per heavy atom. The Labute approximate surface area is 114 Å². The van der Waals surface area contributed by atoms with Crippen LogP contribution in [-0.4, -0.2) is 28.8 Å². The van der Waals surface area contributed by atoms with E-state index in [1.54, 1.807) is 6.92 Å². The standard InChI is InChI=1S/C14H25NO4/c1-9(12(16)17)10-5-7-11(8-6-10)15-13(18)19-14(2,3)4/h9-11H,5-8H2,1-4H3,(H,15,18)(H,16,17). The fraction of sp³-hybridized carbons (Fsp3) is 0.857. The molecule has 1 saturated carbocycles. The van der Waals surface area contributed by atoms with Crippen molar-refractivity contribution in [1.29, 1.82) is 0 Å². The first-order valence-electron chi connectivity index (χ1n) is 6.91. The molecule has 5 heteroatoms. The predicted molar refractivity (Wildman–Crippen MR) is 71.9 cm³/mol. The van der Waals surface area contributed by atoms with Gasteiger partial charge in [-0.05, 0) is 52.4 Å². The number of rotatable bonds is 3. The normalized spacial score (nSPS) is 25.5. The molecule has 1 atom stereocenters. The molecule has 1 aliphatic carbocycles. The van der Waals surface area contributed by atoms with Crippen molar-refractivity contribution in [1.82, 2.24) is 5.32 Å². The molecule has 0 bridgehead atoms. The van der Waals surface area contributed by atoms with Crippen molar-refractivity contribution in [3.63, 3.8) is 0 Å². The Morgan fingerprint density at radius 3 is 2.16 bits per heavy atom. The van der Waals surface area contributed by atoms with Crippen LogP contribution in [0.25, 0.3) is 0 Å². The van der Waals surface area contributed by atoms with E-state index in [1.165, 1.54) is 0 Å². The van der Waals surface area contributed by atoms with Gasteiger partial charge in [0.05, 0.1) is 5.92 Å². The van der Waals surface area contributed by atoms with Crippen molar-refractivity contribution in [2.75, 3.05) is 0 Å². The lowest BCUT2D eigenvalue weighted by Crippen LogP contribution is -2.41. The highest BCUT2D eigenvalue weighted by Gasteiger charge is 2.30. The average Bonchev–Trinajstić information content (AvgIpc) is 2.26. The predicted octanol–water partition coefficient (Wildman–Crippen LogP) is 2.79. The number of aliphatic carboxylic acids is 1. The largest absolute Gasteiger partial charge is 0.481 e. The van der Waals surface area contributed by atoms with Crippen molar-refractivity contribution in [3.05, 3.63) is 0 Å². The van der Waals surface area contributed by atoms with Gasteiger partial charge in [-0.1, -0.05) is 6.92 Å². The number of hydrogen-bond acceptors (Lipinski definition) is 3. The van der Waals surface area contributed by atoms with Crippen LogP contribution >= 0.6 is 0 Å². The average molecular weight is 271 g/mol. The Morgan fingerprint density at radius 1 is 1.21 bits per heavy atom. The van der Waals surface area contributed by atoms with E-state index in [-0.39, 0.29) is 24.0 Å². The molecule has 0 radical (unpaired) electrons. The number of ether oxygens (including phenoxy) is 1. The third kappa shape index (κ3) is 5.49. The van der Waals surface area contributed by atoms with Gasteiger partial charge in [0.15, 0.2) is 0 Å². The molecule has 0 spiro atoms. The van der Waals surface area contributed by atoms with Crippen molar-refractivity contribution in [3.8, 4) is 0 Å². The molecule has 0 aliphatic heterocycles. The lowest BCUT2D eigenvalue weighted by Gasteiger charge is -2.31. The summed E-state index contributed by atoms with van der Waals surface area (Å²) < 4.78 is 5.21. The molecule has 0 aromatic heterocycles. The van der Waals surface area contributed by atoms with Gasteiger partial charge in [0, 0.05) is 6.04 Å². The summed E-state index contributed by atoms with van der Waals surface area (Å²) in [5.41, 5.74) is -0.487. The van der Waals surface area contributed by atoms with Gasteiger partial charge in [-0.2, -0.15) is 0 Å². The number of amides is 1. The van der Waals surface area contributed by atoms with E-state index in [0.29, 0.717) is 0 Å². The van der Waals surface area contributed by atoms with Gasteiger partial charge in [0.2, 0.25) is 0 Å². The van der Waals surface area contributed by atoms with Crippen LogP contribution in [0.15, 0.2) is 0 Å². The summed E-state index contributed by atoms with van der Waals surface area (Å²) in [6.45, 7) is 7.25. The molecule has 5 nitrogen and oxygen atoms in total. The smallest absolute Gasteiger partial charge is 0.407 e. The molecule has 1 aliphatic rings. The molecule has 0 heterocycles. The zero-order valence-corrected chi connectivity index (χ0v) is 12.2. The second-order valence-electron chi connectivity index (χ2n) is 6.38. The van der Waals surface area contributed by atoms with Crippen LogP contribution in [0, 0.1) is 11.8 Å². The summed E-state index contributed by atoms with van der Waals surface area (Å²) in [5.74, 6) is -0.819. The van der Waals surface area contributed by atoms with Gasteiger partial charge in [-0.3, -0.25) is 4.79 Å². The molecule has 2 N–H and O–H groups in total. The third-order valence-corrected chi connectivity index (χ3v) is 3.59. The van der Waals surface area contributed by atoms with Crippen LogP contribution in [0.1, 0.15) is 53.4 Å². The van der Waals surface area contributed by atoms with Crippen molar-refractivity contribution >= 4 is 12.1 Å². The van der Waals surface area contributed by atoms with E-state index < -0.39 is 11.6 Å². The zero-order valence-electron chi connectivity index (χ0n) is 12.2. The van der Waals surface area contributed by atoms with Gasteiger partial charge in [-0.25, -0.2) is 4.79 Å². The molecule has 1 fully saturated rings. The number of alkyl carbamates (subject to hydrolysis) is 1. The van der Waals surface area contributed by atoms with E-state index in [9.17, 15) is 9.59 Å². The molecule has 0 saturated heterocycles. The number of hydrogen-bond donors (Lipinski definition) is 2. The van der Waals surface area contributed by atoms with Crippen LogP contribution in [0.3, 0.4) is 0 Å². The first-order valence-corrected chi connectivity index (χ1v) is 6.91. The van der Waals surface area contributed by atoms with Gasteiger partial charge < -0.3 is 15.2 Å². The Hall–Kier alpha value is -1.26. The molecular formula is C14H25NO4. The molecule has 1 rings (SSSR count). The molecule has 1 unspecified atom stereocenters. The summed E-state index contributed by atoms with van der Waals surface area (Å²) in [4.78, 5) is 22.5. The Kier molecular flexibility index (Phi) is 5.20. The van der Waals surface area contributed by atoms with E-state index >= 15 is 0 Å². The molecule has 19 heavy (non-hydrogen) atoms. The van der Waals surface area contributed by atoms with Crippen LogP contribution in [0.4, 0.5) is 4.79 Å². The van der Waals surface area contributed by atoms with Crippen molar-refractivity contribution in [2.24, 2.45) is 11.8 Å². The number of nitrogens with one attached hydrogen (secondary N) is 1. The van der Waals surface area contributed by atoms with Gasteiger partial charge in [-0.15, -0.1) is 0 Å². The fourth-order valence-electron chi connectivity index (χ4n) is 2.44. The minimum Gasteiger partial charge on any atom is -0.481 e.